The maximum absolute atomic E-state index is 13.4. The zero-order valence-corrected chi connectivity index (χ0v) is 15.0. The molecule has 1 aliphatic heterocycles. The Morgan fingerprint density at radius 1 is 0.821 bits per heavy atom. The molecule has 0 aliphatic carbocycles. The quantitative estimate of drug-likeness (QED) is 0.480. The zero-order chi connectivity index (χ0) is 19.1. The highest BCUT2D eigenvalue weighted by Gasteiger charge is 2.45. The van der Waals surface area contributed by atoms with Crippen molar-refractivity contribution in [3.05, 3.63) is 79.0 Å². The third-order valence-corrected chi connectivity index (χ3v) is 5.00. The molecule has 2 aromatic carbocycles. The fourth-order valence-electron chi connectivity index (χ4n) is 3.65. The number of fused-ring (bicyclic) bond motifs is 1. The van der Waals surface area contributed by atoms with Crippen molar-refractivity contribution < 1.29 is 8.78 Å². The van der Waals surface area contributed by atoms with Gasteiger partial charge in [-0.05, 0) is 17.7 Å². The summed E-state index contributed by atoms with van der Waals surface area (Å²) < 4.78 is 26.8. The third-order valence-electron chi connectivity index (χ3n) is 5.00. The number of hydrogen-bond donors (Lipinski definition) is 0. The Morgan fingerprint density at radius 3 is 2.11 bits per heavy atom. The first-order valence-corrected chi connectivity index (χ1v) is 9.14. The molecule has 5 heteroatoms. The van der Waals surface area contributed by atoms with Crippen LogP contribution >= 0.6 is 0 Å². The predicted octanol–water partition coefficient (Wildman–Crippen LogP) is 5.42. The summed E-state index contributed by atoms with van der Waals surface area (Å²) in [5.74, 6) is -2.09. The Bertz CT molecular complexity index is 1140. The van der Waals surface area contributed by atoms with Crippen molar-refractivity contribution in [2.75, 3.05) is 18.0 Å². The minimum Gasteiger partial charge on any atom is -0.344 e. The van der Waals surface area contributed by atoms with Crippen LogP contribution in [0.1, 0.15) is 0 Å². The van der Waals surface area contributed by atoms with Gasteiger partial charge in [0, 0.05) is 22.7 Å². The first kappa shape index (κ1) is 16.8. The molecule has 0 N–H and O–H groups in total. The van der Waals surface area contributed by atoms with Gasteiger partial charge in [0.25, 0.3) is 5.92 Å². The van der Waals surface area contributed by atoms with E-state index in [1.54, 1.807) is 11.1 Å². The van der Waals surface area contributed by atoms with Gasteiger partial charge >= 0.3 is 0 Å². The molecule has 5 rings (SSSR count). The molecule has 0 bridgehead atoms. The number of halogens is 2. The molecule has 0 atom stereocenters. The molecule has 138 valence electrons. The van der Waals surface area contributed by atoms with Crippen molar-refractivity contribution in [2.24, 2.45) is 0 Å². The van der Waals surface area contributed by atoms with Crippen LogP contribution in [0.25, 0.3) is 33.3 Å². The molecule has 2 aromatic heterocycles. The normalized spacial score (nSPS) is 15.4. The lowest BCUT2D eigenvalue weighted by Crippen LogP contribution is -2.56. The van der Waals surface area contributed by atoms with E-state index in [1.807, 2.05) is 72.8 Å². The lowest BCUT2D eigenvalue weighted by Gasteiger charge is -2.40. The summed E-state index contributed by atoms with van der Waals surface area (Å²) in [5.41, 5.74) is 4.61. The monoisotopic (exact) mass is 373 g/mol. The van der Waals surface area contributed by atoms with Crippen LogP contribution in [0, 0.1) is 0 Å². The lowest BCUT2D eigenvalue weighted by molar-refractivity contribution is -0.0265. The molecule has 1 aliphatic rings. The minimum atomic E-state index is -2.65. The molecule has 0 radical (unpaired) electrons. The summed E-state index contributed by atoms with van der Waals surface area (Å²) in [5, 5.41) is 0.788. The summed E-state index contributed by atoms with van der Waals surface area (Å²) in [6.07, 6.45) is 1.64. The van der Waals surface area contributed by atoms with E-state index in [1.165, 1.54) is 0 Å². The average Bonchev–Trinajstić information content (AvgIpc) is 2.72. The molecule has 0 amide bonds. The standard InChI is InChI=1S/C23H17F2N3/c24-23(25)14-28(15-23)22-19-13-18(16-7-3-1-4-8-16)21(17-9-5-2-6-10-17)27-20(19)11-12-26-22/h1-13H,14-15H2. The Labute approximate surface area is 161 Å². The fraction of sp³-hybridized carbons (Fsp3) is 0.130. The zero-order valence-electron chi connectivity index (χ0n) is 15.0. The molecule has 0 spiro atoms. The van der Waals surface area contributed by atoms with Gasteiger partial charge in [-0.25, -0.2) is 18.7 Å². The molecule has 3 nitrogen and oxygen atoms in total. The molecule has 1 saturated heterocycles. The van der Waals surface area contributed by atoms with Crippen molar-refractivity contribution in [2.45, 2.75) is 5.92 Å². The lowest BCUT2D eigenvalue weighted by atomic mass is 9.97. The van der Waals surface area contributed by atoms with E-state index >= 15 is 0 Å². The molecule has 1 fully saturated rings. The second-order valence-electron chi connectivity index (χ2n) is 7.03. The van der Waals surface area contributed by atoms with Crippen LogP contribution in [0.3, 0.4) is 0 Å². The van der Waals surface area contributed by atoms with Crippen molar-refractivity contribution in [1.29, 1.82) is 0 Å². The Balaban J connectivity index is 1.74. The van der Waals surface area contributed by atoms with E-state index in [2.05, 4.69) is 4.98 Å². The first-order valence-electron chi connectivity index (χ1n) is 9.14. The summed E-state index contributed by atoms with van der Waals surface area (Å²) in [4.78, 5) is 10.9. The predicted molar refractivity (Wildman–Crippen MR) is 108 cm³/mol. The van der Waals surface area contributed by atoms with E-state index in [0.29, 0.717) is 5.82 Å². The molecular weight excluding hydrogens is 356 g/mol. The van der Waals surface area contributed by atoms with Crippen LogP contribution in [0.4, 0.5) is 14.6 Å². The van der Waals surface area contributed by atoms with E-state index in [4.69, 9.17) is 4.98 Å². The average molecular weight is 373 g/mol. The van der Waals surface area contributed by atoms with Crippen LogP contribution in [0.2, 0.25) is 0 Å². The minimum absolute atomic E-state index is 0.305. The number of hydrogen-bond acceptors (Lipinski definition) is 3. The maximum Gasteiger partial charge on any atom is 0.282 e. The maximum atomic E-state index is 13.4. The third kappa shape index (κ3) is 2.89. The summed E-state index contributed by atoms with van der Waals surface area (Å²) in [6.45, 7) is -0.611. The number of anilines is 1. The second kappa shape index (κ2) is 6.37. The van der Waals surface area contributed by atoms with Crippen molar-refractivity contribution in [1.82, 2.24) is 9.97 Å². The number of benzene rings is 2. The molecular formula is C23H17F2N3. The van der Waals surface area contributed by atoms with Gasteiger partial charge in [0.2, 0.25) is 0 Å². The highest BCUT2D eigenvalue weighted by Crippen LogP contribution is 2.38. The van der Waals surface area contributed by atoms with Crippen LogP contribution < -0.4 is 4.90 Å². The van der Waals surface area contributed by atoms with Crippen LogP contribution in [0.5, 0.6) is 0 Å². The molecule has 0 unspecified atom stereocenters. The second-order valence-corrected chi connectivity index (χ2v) is 7.03. The van der Waals surface area contributed by atoms with Gasteiger partial charge in [-0.15, -0.1) is 0 Å². The van der Waals surface area contributed by atoms with E-state index in [-0.39, 0.29) is 13.1 Å². The molecule has 0 saturated carbocycles. The Morgan fingerprint density at radius 2 is 1.46 bits per heavy atom. The number of rotatable bonds is 3. The molecule has 4 aromatic rings. The van der Waals surface area contributed by atoms with Crippen molar-refractivity contribution >= 4 is 16.7 Å². The van der Waals surface area contributed by atoms with E-state index < -0.39 is 5.92 Å². The summed E-state index contributed by atoms with van der Waals surface area (Å²) >= 11 is 0. The van der Waals surface area contributed by atoms with Crippen LogP contribution in [0.15, 0.2) is 79.0 Å². The fourth-order valence-corrected chi connectivity index (χ4v) is 3.65. The van der Waals surface area contributed by atoms with Crippen LogP contribution in [-0.4, -0.2) is 29.0 Å². The van der Waals surface area contributed by atoms with E-state index in [9.17, 15) is 8.78 Å². The number of aromatic nitrogens is 2. The smallest absolute Gasteiger partial charge is 0.282 e. The van der Waals surface area contributed by atoms with Gasteiger partial charge in [0.15, 0.2) is 0 Å². The molecule has 3 heterocycles. The van der Waals surface area contributed by atoms with Gasteiger partial charge in [-0.1, -0.05) is 60.7 Å². The number of nitrogens with zero attached hydrogens (tertiary/aromatic N) is 3. The SMILES string of the molecule is FC1(F)CN(c2nccc3nc(-c4ccccc4)c(-c4ccccc4)cc23)C1. The van der Waals surface area contributed by atoms with Crippen molar-refractivity contribution in [3.8, 4) is 22.4 Å². The van der Waals surface area contributed by atoms with Gasteiger partial charge in [0.05, 0.1) is 24.3 Å². The number of alkyl halides is 2. The van der Waals surface area contributed by atoms with Gasteiger partial charge in [-0.2, -0.15) is 0 Å². The first-order chi connectivity index (χ1) is 13.6. The summed E-state index contributed by atoms with van der Waals surface area (Å²) in [7, 11) is 0. The van der Waals surface area contributed by atoms with Gasteiger partial charge in [0.1, 0.15) is 5.82 Å². The van der Waals surface area contributed by atoms with Gasteiger partial charge < -0.3 is 4.90 Å². The number of pyridine rings is 2. The van der Waals surface area contributed by atoms with Crippen LogP contribution in [-0.2, 0) is 0 Å². The largest absolute Gasteiger partial charge is 0.344 e. The Hall–Kier alpha value is -3.34. The topological polar surface area (TPSA) is 29.0 Å². The highest BCUT2D eigenvalue weighted by atomic mass is 19.3. The Kier molecular flexibility index (Phi) is 3.83. The highest BCUT2D eigenvalue weighted by molar-refractivity contribution is 5.97. The van der Waals surface area contributed by atoms with E-state index in [0.717, 1.165) is 33.3 Å². The van der Waals surface area contributed by atoms with Gasteiger partial charge in [-0.3, -0.25) is 0 Å². The summed E-state index contributed by atoms with van der Waals surface area (Å²) in [6, 6.07) is 23.8. The molecule has 28 heavy (non-hydrogen) atoms. The van der Waals surface area contributed by atoms with Crippen molar-refractivity contribution in [3.63, 3.8) is 0 Å².